The molecule has 0 saturated carbocycles. The summed E-state index contributed by atoms with van der Waals surface area (Å²) < 4.78 is 0. The highest BCUT2D eigenvalue weighted by Crippen LogP contribution is 2.36. The minimum Gasteiger partial charge on any atom is -0.508 e. The van der Waals surface area contributed by atoms with Crippen LogP contribution in [-0.4, -0.2) is 5.11 Å². The van der Waals surface area contributed by atoms with Crippen LogP contribution >= 0.6 is 11.6 Å². The van der Waals surface area contributed by atoms with Gasteiger partial charge in [0.2, 0.25) is 0 Å². The number of phenols is 1. The van der Waals surface area contributed by atoms with Crippen molar-refractivity contribution in [2.45, 2.75) is 18.9 Å². The normalized spacial score (nSPS) is 16.5. The second-order valence-electron chi connectivity index (χ2n) is 4.93. The predicted molar refractivity (Wildman–Crippen MR) is 79.0 cm³/mol. The lowest BCUT2D eigenvalue weighted by Crippen LogP contribution is -2.07. The molecule has 3 rings (SSSR count). The fourth-order valence-corrected chi connectivity index (χ4v) is 2.82. The summed E-state index contributed by atoms with van der Waals surface area (Å²) in [5, 5.41) is 22.4. The lowest BCUT2D eigenvalue weighted by atomic mass is 10.1. The molecule has 1 atom stereocenters. The van der Waals surface area contributed by atoms with Crippen LogP contribution in [0.15, 0.2) is 36.4 Å². The first-order chi connectivity index (χ1) is 9.67. The number of halogens is 1. The number of nitrogens with one attached hydrogen (secondary N) is 1. The van der Waals surface area contributed by atoms with Gasteiger partial charge in [-0.2, -0.15) is 5.26 Å². The fourth-order valence-electron chi connectivity index (χ4n) is 2.66. The van der Waals surface area contributed by atoms with Gasteiger partial charge in [-0.15, -0.1) is 0 Å². The molecule has 0 saturated heterocycles. The summed E-state index contributed by atoms with van der Waals surface area (Å²) in [4.78, 5) is 0. The predicted octanol–water partition coefficient (Wildman–Crippen LogP) is 4.02. The molecule has 0 bridgehead atoms. The zero-order chi connectivity index (χ0) is 14.1. The smallest absolute Gasteiger partial charge is 0.115 e. The minimum atomic E-state index is 0.207. The summed E-state index contributed by atoms with van der Waals surface area (Å²) in [6.45, 7) is 0. The lowest BCUT2D eigenvalue weighted by Gasteiger charge is -2.16. The molecule has 2 aromatic carbocycles. The van der Waals surface area contributed by atoms with E-state index < -0.39 is 0 Å². The van der Waals surface area contributed by atoms with Crippen LogP contribution in [0.25, 0.3) is 0 Å². The number of fused-ring (bicyclic) bond motifs is 1. The molecule has 2 N–H and O–H groups in total. The number of aryl methyl sites for hydroxylation is 1. The van der Waals surface area contributed by atoms with E-state index in [4.69, 9.17) is 16.9 Å². The van der Waals surface area contributed by atoms with E-state index >= 15 is 0 Å². The maximum absolute atomic E-state index is 9.50. The molecule has 0 amide bonds. The molecule has 0 spiro atoms. The number of phenolic OH excluding ortho intramolecular Hbond substituents is 1. The fraction of sp³-hybridized carbons (Fsp3) is 0.188. The van der Waals surface area contributed by atoms with E-state index in [1.165, 1.54) is 11.1 Å². The van der Waals surface area contributed by atoms with Crippen LogP contribution in [0.1, 0.15) is 29.2 Å². The van der Waals surface area contributed by atoms with Crippen molar-refractivity contribution in [1.29, 1.82) is 5.26 Å². The van der Waals surface area contributed by atoms with Crippen LogP contribution in [0.5, 0.6) is 5.75 Å². The Morgan fingerprint density at radius 1 is 1.25 bits per heavy atom. The molecule has 0 aliphatic heterocycles. The van der Waals surface area contributed by atoms with Crippen LogP contribution in [0.4, 0.5) is 5.69 Å². The van der Waals surface area contributed by atoms with E-state index in [9.17, 15) is 5.11 Å². The van der Waals surface area contributed by atoms with Gasteiger partial charge in [-0.25, -0.2) is 0 Å². The SMILES string of the molecule is N#Cc1cc(NC2CCc3cc(O)ccc32)ccc1Cl. The standard InChI is InChI=1S/C16H13ClN2O/c17-15-5-2-12(7-11(15)9-18)19-16-6-1-10-8-13(20)3-4-14(10)16/h2-5,7-8,16,19-20H,1,6H2. The molecule has 0 aromatic heterocycles. The molecule has 0 fully saturated rings. The van der Waals surface area contributed by atoms with Crippen LogP contribution in [-0.2, 0) is 6.42 Å². The second-order valence-corrected chi connectivity index (χ2v) is 5.33. The van der Waals surface area contributed by atoms with E-state index in [1.54, 1.807) is 18.2 Å². The van der Waals surface area contributed by atoms with Crippen LogP contribution in [0.2, 0.25) is 5.02 Å². The molecule has 1 aliphatic rings. The monoisotopic (exact) mass is 284 g/mol. The van der Waals surface area contributed by atoms with Gasteiger partial charge in [-0.1, -0.05) is 17.7 Å². The number of hydrogen-bond acceptors (Lipinski definition) is 3. The Morgan fingerprint density at radius 3 is 2.90 bits per heavy atom. The Labute approximate surface area is 122 Å². The third kappa shape index (κ3) is 2.31. The summed E-state index contributed by atoms with van der Waals surface area (Å²) in [7, 11) is 0. The van der Waals surface area contributed by atoms with Crippen LogP contribution in [0.3, 0.4) is 0 Å². The number of hydrogen-bond donors (Lipinski definition) is 2. The summed E-state index contributed by atoms with van der Waals surface area (Å²) in [5.41, 5.74) is 3.74. The molecule has 0 radical (unpaired) electrons. The van der Waals surface area contributed by atoms with Gasteiger partial charge in [-0.05, 0) is 54.3 Å². The van der Waals surface area contributed by atoms with Crippen molar-refractivity contribution < 1.29 is 5.11 Å². The van der Waals surface area contributed by atoms with Crippen LogP contribution < -0.4 is 5.32 Å². The third-order valence-corrected chi connectivity index (χ3v) is 3.96. The molecular formula is C16H13ClN2O. The van der Waals surface area contributed by atoms with Crippen LogP contribution in [0, 0.1) is 11.3 Å². The van der Waals surface area contributed by atoms with Gasteiger partial charge in [-0.3, -0.25) is 0 Å². The molecule has 2 aromatic rings. The quantitative estimate of drug-likeness (QED) is 0.876. The van der Waals surface area contributed by atoms with Crippen molar-refractivity contribution in [2.24, 2.45) is 0 Å². The molecule has 100 valence electrons. The highest BCUT2D eigenvalue weighted by atomic mass is 35.5. The van der Waals surface area contributed by atoms with E-state index in [1.807, 2.05) is 18.2 Å². The molecular weight excluding hydrogens is 272 g/mol. The maximum Gasteiger partial charge on any atom is 0.115 e. The number of aromatic hydroxyl groups is 1. The number of rotatable bonds is 2. The molecule has 3 nitrogen and oxygen atoms in total. The van der Waals surface area contributed by atoms with Crippen molar-refractivity contribution in [2.75, 3.05) is 5.32 Å². The Morgan fingerprint density at radius 2 is 2.10 bits per heavy atom. The first-order valence-corrected chi connectivity index (χ1v) is 6.83. The van der Waals surface area contributed by atoms with Crippen molar-refractivity contribution in [3.63, 3.8) is 0 Å². The Bertz CT molecular complexity index is 706. The maximum atomic E-state index is 9.50. The molecule has 0 heterocycles. The minimum absolute atomic E-state index is 0.207. The van der Waals surface area contributed by atoms with E-state index in [0.29, 0.717) is 16.3 Å². The van der Waals surface area contributed by atoms with Gasteiger partial charge >= 0.3 is 0 Å². The molecule has 4 heteroatoms. The van der Waals surface area contributed by atoms with E-state index in [-0.39, 0.29) is 6.04 Å². The lowest BCUT2D eigenvalue weighted by molar-refractivity contribution is 0.474. The van der Waals surface area contributed by atoms with E-state index in [2.05, 4.69) is 11.4 Å². The van der Waals surface area contributed by atoms with Gasteiger partial charge in [0.05, 0.1) is 16.6 Å². The first kappa shape index (κ1) is 12.8. The highest BCUT2D eigenvalue weighted by molar-refractivity contribution is 6.31. The topological polar surface area (TPSA) is 56.0 Å². The number of anilines is 1. The van der Waals surface area contributed by atoms with Gasteiger partial charge in [0.1, 0.15) is 11.8 Å². The summed E-state index contributed by atoms with van der Waals surface area (Å²) in [6, 6.07) is 13.1. The van der Waals surface area contributed by atoms with Gasteiger partial charge in [0.15, 0.2) is 0 Å². The van der Waals surface area contributed by atoms with Gasteiger partial charge < -0.3 is 10.4 Å². The average Bonchev–Trinajstić information content (AvgIpc) is 2.83. The first-order valence-electron chi connectivity index (χ1n) is 6.45. The zero-order valence-corrected chi connectivity index (χ0v) is 11.5. The molecule has 1 unspecified atom stereocenters. The van der Waals surface area contributed by atoms with Gasteiger partial charge in [0, 0.05) is 5.69 Å². The number of benzene rings is 2. The summed E-state index contributed by atoms with van der Waals surface area (Å²) in [6.07, 6.45) is 1.92. The number of nitrogens with zero attached hydrogens (tertiary/aromatic N) is 1. The third-order valence-electron chi connectivity index (χ3n) is 3.63. The summed E-state index contributed by atoms with van der Waals surface area (Å²) in [5.74, 6) is 0.308. The molecule has 1 aliphatic carbocycles. The summed E-state index contributed by atoms with van der Waals surface area (Å²) >= 11 is 5.93. The van der Waals surface area contributed by atoms with E-state index in [0.717, 1.165) is 18.5 Å². The highest BCUT2D eigenvalue weighted by Gasteiger charge is 2.22. The molecule has 20 heavy (non-hydrogen) atoms. The van der Waals surface area contributed by atoms with Crippen molar-refractivity contribution in [3.8, 4) is 11.8 Å². The largest absolute Gasteiger partial charge is 0.508 e. The average molecular weight is 285 g/mol. The van der Waals surface area contributed by atoms with Crippen molar-refractivity contribution in [1.82, 2.24) is 0 Å². The second kappa shape index (κ2) is 5.07. The number of nitriles is 1. The Balaban J connectivity index is 1.86. The van der Waals surface area contributed by atoms with Crippen molar-refractivity contribution >= 4 is 17.3 Å². The van der Waals surface area contributed by atoms with Gasteiger partial charge in [0.25, 0.3) is 0 Å². The van der Waals surface area contributed by atoms with Crippen molar-refractivity contribution in [3.05, 3.63) is 58.1 Å². The Kier molecular flexibility index (Phi) is 3.25. The zero-order valence-electron chi connectivity index (χ0n) is 10.7. The Hall–Kier alpha value is -2.18.